The highest BCUT2D eigenvalue weighted by Crippen LogP contribution is 2.43. The molecule has 2 rings (SSSR count). The predicted molar refractivity (Wildman–Crippen MR) is 76.6 cm³/mol. The number of rotatable bonds is 6. The first-order chi connectivity index (χ1) is 9.65. The minimum absolute atomic E-state index is 0.0685. The van der Waals surface area contributed by atoms with Crippen LogP contribution in [0, 0.1) is 17.8 Å². The number of fused-ring (bicyclic) bond motifs is 1. The molecule has 1 fully saturated rings. The van der Waals surface area contributed by atoms with Gasteiger partial charge in [0.25, 0.3) is 0 Å². The highest BCUT2D eigenvalue weighted by atomic mass is 16.6. The molecule has 3 atom stereocenters. The normalized spacial score (nSPS) is 29.8. The molecule has 0 saturated heterocycles. The van der Waals surface area contributed by atoms with E-state index in [4.69, 9.17) is 19.7 Å². The van der Waals surface area contributed by atoms with Gasteiger partial charge < -0.3 is 19.7 Å². The van der Waals surface area contributed by atoms with E-state index in [0.29, 0.717) is 11.8 Å². The zero-order chi connectivity index (χ0) is 14.5. The molecule has 0 aliphatic heterocycles. The third-order valence-electron chi connectivity index (χ3n) is 4.28. The molecule has 0 radical (unpaired) electrons. The fraction of sp³-hybridized carbons (Fsp3) is 0.750. The molecule has 0 spiro atoms. The Hall–Kier alpha value is -0.840. The zero-order valence-corrected chi connectivity index (χ0v) is 12.4. The third kappa shape index (κ3) is 3.62. The fourth-order valence-electron chi connectivity index (χ4n) is 3.56. The summed E-state index contributed by atoms with van der Waals surface area (Å²) < 4.78 is 10.8. The molecule has 0 aromatic heterocycles. The number of aliphatic hydroxyl groups excluding tert-OH is 2. The summed E-state index contributed by atoms with van der Waals surface area (Å²) in [5, 5.41) is 18.0. The van der Waals surface area contributed by atoms with E-state index in [1.54, 1.807) is 0 Å². The summed E-state index contributed by atoms with van der Waals surface area (Å²) in [4.78, 5) is 0. The minimum Gasteiger partial charge on any atom is -0.468 e. The molecule has 3 unspecified atom stereocenters. The van der Waals surface area contributed by atoms with Gasteiger partial charge in [-0.05, 0) is 49.2 Å². The van der Waals surface area contributed by atoms with Crippen molar-refractivity contribution in [3.8, 4) is 0 Å². The molecule has 2 N–H and O–H groups in total. The maximum Gasteiger partial charge on any atom is 0.186 e. The lowest BCUT2D eigenvalue weighted by atomic mass is 9.71. The third-order valence-corrected chi connectivity index (χ3v) is 4.28. The Balaban J connectivity index is 2.14. The molecular formula is C16H26O4. The van der Waals surface area contributed by atoms with Gasteiger partial charge in [-0.1, -0.05) is 19.9 Å². The Morgan fingerprint density at radius 2 is 2.05 bits per heavy atom. The molecule has 2 aliphatic rings. The van der Waals surface area contributed by atoms with Crippen molar-refractivity contribution >= 4 is 0 Å². The molecule has 4 nitrogen and oxygen atoms in total. The maximum atomic E-state index is 9.03. The SMILES string of the molecule is CC(C)CC1CCC2C(=C(OCO)C=CC2OCO)C1. The van der Waals surface area contributed by atoms with E-state index in [9.17, 15) is 0 Å². The van der Waals surface area contributed by atoms with Gasteiger partial charge in [0.1, 0.15) is 12.6 Å². The lowest BCUT2D eigenvalue weighted by Crippen LogP contribution is -2.32. The van der Waals surface area contributed by atoms with Crippen molar-refractivity contribution in [2.24, 2.45) is 17.8 Å². The molecule has 20 heavy (non-hydrogen) atoms. The van der Waals surface area contributed by atoms with Crippen molar-refractivity contribution in [1.82, 2.24) is 0 Å². The number of ether oxygens (including phenoxy) is 2. The van der Waals surface area contributed by atoms with Crippen molar-refractivity contribution in [2.75, 3.05) is 13.6 Å². The van der Waals surface area contributed by atoms with Gasteiger partial charge in [-0.3, -0.25) is 0 Å². The maximum absolute atomic E-state index is 9.03. The number of aliphatic hydroxyl groups is 2. The Labute approximate surface area is 121 Å². The van der Waals surface area contributed by atoms with E-state index in [-0.39, 0.29) is 25.6 Å². The lowest BCUT2D eigenvalue weighted by Gasteiger charge is -2.38. The van der Waals surface area contributed by atoms with Gasteiger partial charge in [-0.25, -0.2) is 0 Å². The smallest absolute Gasteiger partial charge is 0.186 e. The van der Waals surface area contributed by atoms with Crippen molar-refractivity contribution in [2.45, 2.75) is 45.6 Å². The van der Waals surface area contributed by atoms with Crippen LogP contribution >= 0.6 is 0 Å². The molecule has 2 aliphatic carbocycles. The van der Waals surface area contributed by atoms with Gasteiger partial charge in [-0.2, -0.15) is 0 Å². The van der Waals surface area contributed by atoms with Crippen molar-refractivity contribution in [3.63, 3.8) is 0 Å². The van der Waals surface area contributed by atoms with Crippen LogP contribution in [-0.4, -0.2) is 29.9 Å². The van der Waals surface area contributed by atoms with Crippen molar-refractivity contribution in [3.05, 3.63) is 23.5 Å². The van der Waals surface area contributed by atoms with Crippen LogP contribution in [0.25, 0.3) is 0 Å². The molecule has 0 aromatic carbocycles. The van der Waals surface area contributed by atoms with Crippen LogP contribution in [0.1, 0.15) is 39.5 Å². The van der Waals surface area contributed by atoms with E-state index in [0.717, 1.165) is 18.6 Å². The Morgan fingerprint density at radius 3 is 2.70 bits per heavy atom. The average molecular weight is 282 g/mol. The largest absolute Gasteiger partial charge is 0.468 e. The molecule has 114 valence electrons. The highest BCUT2D eigenvalue weighted by molar-refractivity contribution is 5.31. The Morgan fingerprint density at radius 1 is 1.25 bits per heavy atom. The molecular weight excluding hydrogens is 256 g/mol. The quantitative estimate of drug-likeness (QED) is 0.735. The summed E-state index contributed by atoms with van der Waals surface area (Å²) in [6, 6.07) is 0. The summed E-state index contributed by atoms with van der Waals surface area (Å²) >= 11 is 0. The summed E-state index contributed by atoms with van der Waals surface area (Å²) in [7, 11) is 0. The lowest BCUT2D eigenvalue weighted by molar-refractivity contribution is -0.0546. The number of allylic oxidation sites excluding steroid dienone is 1. The fourth-order valence-corrected chi connectivity index (χ4v) is 3.56. The van der Waals surface area contributed by atoms with Crippen molar-refractivity contribution in [1.29, 1.82) is 0 Å². The van der Waals surface area contributed by atoms with Crippen LogP contribution in [0.15, 0.2) is 23.5 Å². The van der Waals surface area contributed by atoms with Gasteiger partial charge in [0, 0.05) is 5.92 Å². The molecule has 1 saturated carbocycles. The van der Waals surface area contributed by atoms with Crippen LogP contribution in [0.2, 0.25) is 0 Å². The zero-order valence-electron chi connectivity index (χ0n) is 12.4. The van der Waals surface area contributed by atoms with Crippen LogP contribution in [0.4, 0.5) is 0 Å². The Kier molecular flexibility index (Phi) is 5.64. The van der Waals surface area contributed by atoms with E-state index < -0.39 is 0 Å². The van der Waals surface area contributed by atoms with E-state index >= 15 is 0 Å². The first-order valence-electron chi connectivity index (χ1n) is 7.53. The molecule has 0 heterocycles. The summed E-state index contributed by atoms with van der Waals surface area (Å²) in [6.45, 7) is 3.95. The number of hydrogen-bond acceptors (Lipinski definition) is 4. The topological polar surface area (TPSA) is 58.9 Å². The summed E-state index contributed by atoms with van der Waals surface area (Å²) in [5.41, 5.74) is 1.25. The van der Waals surface area contributed by atoms with Gasteiger partial charge in [0.2, 0.25) is 0 Å². The van der Waals surface area contributed by atoms with E-state index in [2.05, 4.69) is 13.8 Å². The van der Waals surface area contributed by atoms with Gasteiger partial charge in [-0.15, -0.1) is 0 Å². The van der Waals surface area contributed by atoms with Crippen LogP contribution < -0.4 is 0 Å². The minimum atomic E-state index is -0.295. The van der Waals surface area contributed by atoms with E-state index in [1.807, 2.05) is 12.2 Å². The summed E-state index contributed by atoms with van der Waals surface area (Å²) in [5.74, 6) is 2.45. The van der Waals surface area contributed by atoms with Crippen LogP contribution in [0.3, 0.4) is 0 Å². The molecule has 4 heteroatoms. The molecule has 0 amide bonds. The van der Waals surface area contributed by atoms with E-state index in [1.165, 1.54) is 18.4 Å². The average Bonchev–Trinajstić information content (AvgIpc) is 2.41. The second kappa shape index (κ2) is 7.25. The van der Waals surface area contributed by atoms with Gasteiger partial charge in [0.15, 0.2) is 6.79 Å². The van der Waals surface area contributed by atoms with Gasteiger partial charge in [0.05, 0.1) is 6.10 Å². The first kappa shape index (κ1) is 15.5. The van der Waals surface area contributed by atoms with Gasteiger partial charge >= 0.3 is 0 Å². The van der Waals surface area contributed by atoms with Crippen molar-refractivity contribution < 1.29 is 19.7 Å². The molecule has 0 aromatic rings. The second-order valence-corrected chi connectivity index (χ2v) is 6.17. The first-order valence-corrected chi connectivity index (χ1v) is 7.53. The van der Waals surface area contributed by atoms with Crippen LogP contribution in [-0.2, 0) is 9.47 Å². The van der Waals surface area contributed by atoms with Crippen LogP contribution in [0.5, 0.6) is 0 Å². The Bertz CT molecular complexity index is 373. The second-order valence-electron chi connectivity index (χ2n) is 6.17. The monoisotopic (exact) mass is 282 g/mol. The predicted octanol–water partition coefficient (Wildman–Crippen LogP) is 2.57. The highest BCUT2D eigenvalue weighted by Gasteiger charge is 2.35. The summed E-state index contributed by atoms with van der Waals surface area (Å²) in [6.07, 6.45) is 8.21. The standard InChI is InChI=1S/C16H26O4/c1-11(2)7-12-3-4-13-14(8-12)16(20-10-18)6-5-15(13)19-9-17/h5-6,11-13,15,17-18H,3-4,7-10H2,1-2H3. The number of hydrogen-bond donors (Lipinski definition) is 2. The molecule has 0 bridgehead atoms.